The topological polar surface area (TPSA) is 35.7 Å². The number of amidine groups is 1. The Morgan fingerprint density at radius 2 is 1.93 bits per heavy atom. The molecule has 0 fully saturated rings. The van der Waals surface area contributed by atoms with Gasteiger partial charge in [-0.3, -0.25) is 0 Å². The van der Waals surface area contributed by atoms with Crippen LogP contribution in [0.5, 0.6) is 5.75 Å². The molecule has 0 amide bonds. The van der Waals surface area contributed by atoms with Crippen molar-refractivity contribution >= 4 is 11.5 Å². The first-order chi connectivity index (χ1) is 13.0. The molecule has 2 aromatic carbocycles. The van der Waals surface area contributed by atoms with E-state index in [2.05, 4.69) is 39.3 Å². The highest BCUT2D eigenvalue weighted by Gasteiger charge is 2.52. The van der Waals surface area contributed by atoms with Gasteiger partial charge in [0.15, 0.2) is 6.54 Å². The fraction of sp³-hybridized carbons (Fsp3) is 0.381. The standard InChI is InChI=1S/C21H23F2N2O2/c1-15-5-4-6-17(13-15)24-14-21(26,25-12-3-2-7-19(24)25)16-8-10-18(11-9-16)27-20(22)23/h4-6,8-11,13,20,26H,2-3,7,12,14H2,1H3/q+1. The first-order valence-electron chi connectivity index (χ1n) is 9.23. The van der Waals surface area contributed by atoms with E-state index < -0.39 is 12.3 Å². The molecule has 2 aromatic rings. The van der Waals surface area contributed by atoms with E-state index in [4.69, 9.17) is 0 Å². The van der Waals surface area contributed by atoms with E-state index >= 15 is 0 Å². The van der Waals surface area contributed by atoms with Crippen LogP contribution in [0.15, 0.2) is 48.5 Å². The molecule has 4 nitrogen and oxygen atoms in total. The van der Waals surface area contributed by atoms with E-state index in [-0.39, 0.29) is 5.75 Å². The summed E-state index contributed by atoms with van der Waals surface area (Å²) in [4.78, 5) is 2.18. The van der Waals surface area contributed by atoms with E-state index in [9.17, 15) is 13.9 Å². The van der Waals surface area contributed by atoms with Gasteiger partial charge in [0.25, 0.3) is 11.6 Å². The van der Waals surface area contributed by atoms with Gasteiger partial charge in [0.1, 0.15) is 11.4 Å². The number of alkyl halides is 2. The Morgan fingerprint density at radius 1 is 1.15 bits per heavy atom. The summed E-state index contributed by atoms with van der Waals surface area (Å²) in [6.45, 7) is 0.366. The fourth-order valence-corrected chi connectivity index (χ4v) is 4.08. The van der Waals surface area contributed by atoms with Crippen molar-refractivity contribution in [1.82, 2.24) is 0 Å². The molecule has 4 rings (SSSR count). The minimum atomic E-state index is -2.86. The third kappa shape index (κ3) is 3.30. The van der Waals surface area contributed by atoms with Crippen LogP contribution in [0, 0.1) is 6.92 Å². The van der Waals surface area contributed by atoms with Gasteiger partial charge in [-0.25, -0.2) is 9.48 Å². The Balaban J connectivity index is 1.71. The number of ether oxygens (including phenoxy) is 1. The summed E-state index contributed by atoms with van der Waals surface area (Å²) in [6.07, 6.45) is 3.01. The number of hydrogen-bond acceptors (Lipinski definition) is 3. The van der Waals surface area contributed by atoms with Crippen LogP contribution in [-0.2, 0) is 5.72 Å². The average molecular weight is 373 g/mol. The second-order valence-electron chi connectivity index (χ2n) is 7.17. The smallest absolute Gasteiger partial charge is 0.387 e. The first kappa shape index (κ1) is 17.9. The average Bonchev–Trinajstić information content (AvgIpc) is 2.96. The van der Waals surface area contributed by atoms with Crippen molar-refractivity contribution in [2.24, 2.45) is 0 Å². The van der Waals surface area contributed by atoms with Crippen molar-refractivity contribution in [2.45, 2.75) is 38.5 Å². The Hall–Kier alpha value is -2.47. The zero-order valence-electron chi connectivity index (χ0n) is 15.2. The molecule has 0 spiro atoms. The highest BCUT2D eigenvalue weighted by Crippen LogP contribution is 2.36. The van der Waals surface area contributed by atoms with Crippen LogP contribution in [0.2, 0.25) is 0 Å². The van der Waals surface area contributed by atoms with Gasteiger partial charge >= 0.3 is 6.61 Å². The number of rotatable bonds is 4. The molecule has 27 heavy (non-hydrogen) atoms. The largest absolute Gasteiger partial charge is 0.435 e. The van der Waals surface area contributed by atoms with Gasteiger partial charge in [0, 0.05) is 12.0 Å². The molecular weight excluding hydrogens is 350 g/mol. The van der Waals surface area contributed by atoms with E-state index in [1.165, 1.54) is 17.7 Å². The highest BCUT2D eigenvalue weighted by atomic mass is 19.3. The molecule has 1 unspecified atom stereocenters. The van der Waals surface area contributed by atoms with Gasteiger partial charge in [0.05, 0.1) is 6.54 Å². The van der Waals surface area contributed by atoms with Gasteiger partial charge in [-0.15, -0.1) is 0 Å². The summed E-state index contributed by atoms with van der Waals surface area (Å²) in [7, 11) is 0. The third-order valence-corrected chi connectivity index (χ3v) is 5.34. The number of hydrogen-bond donors (Lipinski definition) is 1. The predicted octanol–water partition coefficient (Wildman–Crippen LogP) is 3.86. The van der Waals surface area contributed by atoms with Crippen molar-refractivity contribution in [3.8, 4) is 5.75 Å². The number of β-amino-alcohol motifs (C(OH)–C–C–N with tert-alkyl or cyclic N) is 1. The quantitative estimate of drug-likeness (QED) is 0.827. The molecule has 2 aliphatic heterocycles. The Morgan fingerprint density at radius 3 is 2.63 bits per heavy atom. The molecule has 0 saturated carbocycles. The number of aliphatic hydroxyl groups is 1. The van der Waals surface area contributed by atoms with E-state index in [0.717, 1.165) is 37.3 Å². The normalized spacial score (nSPS) is 22.3. The fourth-order valence-electron chi connectivity index (χ4n) is 4.08. The maximum Gasteiger partial charge on any atom is 0.387 e. The summed E-state index contributed by atoms with van der Waals surface area (Å²) < 4.78 is 31.3. The lowest BCUT2D eigenvalue weighted by Gasteiger charge is -2.24. The molecule has 6 heteroatoms. The summed E-state index contributed by atoms with van der Waals surface area (Å²) in [5.74, 6) is 1.20. The third-order valence-electron chi connectivity index (χ3n) is 5.34. The van der Waals surface area contributed by atoms with Crippen LogP contribution in [0.1, 0.15) is 30.4 Å². The molecule has 0 radical (unpaired) electrons. The second kappa shape index (κ2) is 6.93. The SMILES string of the molecule is Cc1cccc(N2CC(O)(c3ccc(OC(F)F)cc3)[N+]3=C2CCCC3)c1. The number of aryl methyl sites for hydroxylation is 1. The van der Waals surface area contributed by atoms with Crippen molar-refractivity contribution in [3.05, 3.63) is 59.7 Å². The molecule has 0 saturated heterocycles. The van der Waals surface area contributed by atoms with Gasteiger partial charge in [-0.1, -0.05) is 12.1 Å². The monoisotopic (exact) mass is 373 g/mol. The minimum Gasteiger partial charge on any atom is -0.435 e. The van der Waals surface area contributed by atoms with Gasteiger partial charge in [-0.05, 0) is 61.7 Å². The molecule has 2 aliphatic rings. The van der Waals surface area contributed by atoms with Crippen LogP contribution in [0.25, 0.3) is 0 Å². The van der Waals surface area contributed by atoms with Gasteiger partial charge < -0.3 is 9.84 Å². The van der Waals surface area contributed by atoms with Gasteiger partial charge in [0.2, 0.25) is 0 Å². The van der Waals surface area contributed by atoms with Crippen molar-refractivity contribution in [3.63, 3.8) is 0 Å². The maximum atomic E-state index is 12.4. The molecule has 0 bridgehead atoms. The number of nitrogens with zero attached hydrogens (tertiary/aromatic N) is 2. The number of anilines is 1. The molecule has 1 N–H and O–H groups in total. The summed E-state index contributed by atoms with van der Waals surface area (Å²) in [5, 5.41) is 11.6. The summed E-state index contributed by atoms with van der Waals surface area (Å²) in [5.41, 5.74) is 1.71. The maximum absolute atomic E-state index is 12.4. The molecule has 0 aliphatic carbocycles. The van der Waals surface area contributed by atoms with Crippen LogP contribution in [0.4, 0.5) is 14.5 Å². The summed E-state index contributed by atoms with van der Waals surface area (Å²) in [6, 6.07) is 14.6. The van der Waals surface area contributed by atoms with Crippen LogP contribution in [0.3, 0.4) is 0 Å². The van der Waals surface area contributed by atoms with Gasteiger partial charge in [-0.2, -0.15) is 8.78 Å². The van der Waals surface area contributed by atoms with E-state index in [1.807, 2.05) is 6.07 Å². The van der Waals surface area contributed by atoms with E-state index in [0.29, 0.717) is 12.1 Å². The lowest BCUT2D eigenvalue weighted by molar-refractivity contribution is -0.661. The Bertz CT molecular complexity index is 867. The number of benzene rings is 2. The second-order valence-corrected chi connectivity index (χ2v) is 7.17. The Kier molecular flexibility index (Phi) is 4.60. The Labute approximate surface area is 157 Å². The summed E-state index contributed by atoms with van der Waals surface area (Å²) >= 11 is 0. The van der Waals surface area contributed by atoms with Crippen molar-refractivity contribution in [1.29, 1.82) is 0 Å². The lowest BCUT2D eigenvalue weighted by atomic mass is 10.0. The molecule has 142 valence electrons. The van der Waals surface area contributed by atoms with Crippen LogP contribution >= 0.6 is 0 Å². The minimum absolute atomic E-state index is 0.0914. The zero-order chi connectivity index (χ0) is 19.0. The molecule has 1 atom stereocenters. The lowest BCUT2D eigenvalue weighted by Crippen LogP contribution is -2.41. The van der Waals surface area contributed by atoms with E-state index in [1.54, 1.807) is 12.1 Å². The highest BCUT2D eigenvalue weighted by molar-refractivity contribution is 5.96. The van der Waals surface area contributed by atoms with Crippen LogP contribution < -0.4 is 9.64 Å². The molecule has 0 aromatic heterocycles. The van der Waals surface area contributed by atoms with Crippen molar-refractivity contribution in [2.75, 3.05) is 18.0 Å². The zero-order valence-corrected chi connectivity index (χ0v) is 15.2. The number of halogens is 2. The molecule has 2 heterocycles. The van der Waals surface area contributed by atoms with Crippen molar-refractivity contribution < 1.29 is 23.2 Å². The predicted molar refractivity (Wildman–Crippen MR) is 99.5 cm³/mol. The first-order valence-corrected chi connectivity index (χ1v) is 9.23. The van der Waals surface area contributed by atoms with Crippen LogP contribution in [-0.4, -0.2) is 35.2 Å². The molecular formula is C21H23F2N2O2+.